The van der Waals surface area contributed by atoms with Gasteiger partial charge in [-0.15, -0.1) is 0 Å². The minimum Gasteiger partial charge on any atom is -0.496 e. The number of hydrogen-bond acceptors (Lipinski definition) is 3. The number of benzene rings is 2. The van der Waals surface area contributed by atoms with Crippen LogP contribution in [0.4, 0.5) is 0 Å². The summed E-state index contributed by atoms with van der Waals surface area (Å²) >= 11 is 6.11. The van der Waals surface area contributed by atoms with Crippen LogP contribution in [0.2, 0.25) is 5.02 Å². The fourth-order valence-electron chi connectivity index (χ4n) is 3.18. The van der Waals surface area contributed by atoms with Crippen LogP contribution >= 0.6 is 11.6 Å². The lowest BCUT2D eigenvalue weighted by Crippen LogP contribution is -2.45. The maximum Gasteiger partial charge on any atom is 0.336 e. The number of carbonyl (C=O) groups is 1. The Labute approximate surface area is 153 Å². The van der Waals surface area contributed by atoms with Gasteiger partial charge in [-0.1, -0.05) is 55.8 Å². The minimum atomic E-state index is -1.90. The van der Waals surface area contributed by atoms with Gasteiger partial charge in [0, 0.05) is 17.0 Å². The lowest BCUT2D eigenvalue weighted by molar-refractivity contribution is -0.160. The Morgan fingerprint density at radius 3 is 2.36 bits per heavy atom. The van der Waals surface area contributed by atoms with E-state index in [9.17, 15) is 15.0 Å². The monoisotopic (exact) mass is 362 g/mol. The van der Waals surface area contributed by atoms with Gasteiger partial charge in [0.1, 0.15) is 5.75 Å². The molecule has 4 nitrogen and oxygen atoms in total. The van der Waals surface area contributed by atoms with Crippen molar-refractivity contribution in [3.63, 3.8) is 0 Å². The standard InChI is InChI=1S/C20H23ClO4/c1-19(2,16-11-15(21)9-10-17(16)25-3)13-20(24,18(22)23)12-14-7-5-4-6-8-14/h4-11,24H,12-13H2,1-3H3,(H,22,23). The first-order chi connectivity index (χ1) is 11.7. The van der Waals surface area contributed by atoms with Gasteiger partial charge in [0.25, 0.3) is 0 Å². The molecule has 2 aromatic carbocycles. The molecule has 0 bridgehead atoms. The fourth-order valence-corrected chi connectivity index (χ4v) is 3.35. The zero-order valence-electron chi connectivity index (χ0n) is 14.6. The maximum absolute atomic E-state index is 11.8. The second-order valence-electron chi connectivity index (χ2n) is 6.90. The highest BCUT2D eigenvalue weighted by Crippen LogP contribution is 2.40. The highest BCUT2D eigenvalue weighted by Gasteiger charge is 2.42. The molecule has 1 atom stereocenters. The number of ether oxygens (including phenoxy) is 1. The molecule has 2 aromatic rings. The van der Waals surface area contributed by atoms with Crippen molar-refractivity contribution >= 4 is 17.6 Å². The zero-order chi connectivity index (χ0) is 18.7. The summed E-state index contributed by atoms with van der Waals surface area (Å²) in [6.07, 6.45) is 0.0381. The molecule has 0 heterocycles. The first-order valence-corrected chi connectivity index (χ1v) is 8.39. The van der Waals surface area contributed by atoms with Crippen molar-refractivity contribution in [3.05, 3.63) is 64.7 Å². The second-order valence-corrected chi connectivity index (χ2v) is 7.34. The first kappa shape index (κ1) is 19.3. The normalized spacial score (nSPS) is 14.0. The van der Waals surface area contributed by atoms with Crippen LogP contribution in [0.1, 0.15) is 31.4 Å². The van der Waals surface area contributed by atoms with E-state index in [2.05, 4.69) is 0 Å². The Hall–Kier alpha value is -2.04. The second kappa shape index (κ2) is 7.46. The summed E-state index contributed by atoms with van der Waals surface area (Å²) in [5, 5.41) is 21.1. The summed E-state index contributed by atoms with van der Waals surface area (Å²) in [5.41, 5.74) is -1.05. The Bertz CT molecular complexity index is 743. The van der Waals surface area contributed by atoms with E-state index < -0.39 is 17.0 Å². The summed E-state index contributed by atoms with van der Waals surface area (Å²) < 4.78 is 5.39. The van der Waals surface area contributed by atoms with Gasteiger partial charge in [-0.25, -0.2) is 4.79 Å². The maximum atomic E-state index is 11.8. The van der Waals surface area contributed by atoms with Crippen LogP contribution in [-0.4, -0.2) is 28.9 Å². The Kier molecular flexibility index (Phi) is 5.76. The molecule has 1 unspecified atom stereocenters. The molecule has 0 amide bonds. The summed E-state index contributed by atoms with van der Waals surface area (Å²) in [6, 6.07) is 14.3. The van der Waals surface area contributed by atoms with Crippen LogP contribution in [0, 0.1) is 0 Å². The number of aliphatic hydroxyl groups is 1. The molecule has 25 heavy (non-hydrogen) atoms. The number of carboxylic acids is 1. The van der Waals surface area contributed by atoms with Gasteiger partial charge < -0.3 is 14.9 Å². The first-order valence-electron chi connectivity index (χ1n) is 8.02. The lowest BCUT2D eigenvalue weighted by Gasteiger charge is -2.35. The molecule has 2 N–H and O–H groups in total. The van der Waals surface area contributed by atoms with Crippen LogP contribution < -0.4 is 4.74 Å². The molecule has 134 valence electrons. The average Bonchev–Trinajstić information content (AvgIpc) is 2.55. The quantitative estimate of drug-likeness (QED) is 0.779. The highest BCUT2D eigenvalue weighted by atomic mass is 35.5. The van der Waals surface area contributed by atoms with E-state index in [1.54, 1.807) is 37.4 Å². The highest BCUT2D eigenvalue weighted by molar-refractivity contribution is 6.30. The molecule has 0 radical (unpaired) electrons. The molecule has 2 rings (SSSR count). The van der Waals surface area contributed by atoms with E-state index >= 15 is 0 Å². The SMILES string of the molecule is COc1ccc(Cl)cc1C(C)(C)CC(O)(Cc1ccccc1)C(=O)O. The molecule has 0 aliphatic rings. The molecule has 0 fully saturated rings. The third-order valence-electron chi connectivity index (χ3n) is 4.36. The predicted molar refractivity (Wildman–Crippen MR) is 98.4 cm³/mol. The molecule has 0 aliphatic carbocycles. The summed E-state index contributed by atoms with van der Waals surface area (Å²) in [5.74, 6) is -0.632. The molecular weight excluding hydrogens is 340 g/mol. The van der Waals surface area contributed by atoms with E-state index in [1.807, 2.05) is 32.0 Å². The number of rotatable bonds is 7. The summed E-state index contributed by atoms with van der Waals surface area (Å²) in [7, 11) is 1.55. The third-order valence-corrected chi connectivity index (χ3v) is 4.60. The molecule has 5 heteroatoms. The van der Waals surface area contributed by atoms with Gasteiger partial charge in [0.2, 0.25) is 0 Å². The topological polar surface area (TPSA) is 66.8 Å². The van der Waals surface area contributed by atoms with Crippen LogP contribution in [0.3, 0.4) is 0 Å². The van der Waals surface area contributed by atoms with E-state index in [0.29, 0.717) is 10.8 Å². The smallest absolute Gasteiger partial charge is 0.336 e. The number of carboxylic acid groups (broad SMARTS) is 1. The minimum absolute atomic E-state index is 0.0148. The van der Waals surface area contributed by atoms with E-state index in [4.69, 9.17) is 16.3 Å². The van der Waals surface area contributed by atoms with Crippen molar-refractivity contribution in [1.82, 2.24) is 0 Å². The van der Waals surface area contributed by atoms with Gasteiger partial charge in [0.15, 0.2) is 5.60 Å². The van der Waals surface area contributed by atoms with Crippen LogP contribution in [0.5, 0.6) is 5.75 Å². The Balaban J connectivity index is 2.38. The fraction of sp³-hybridized carbons (Fsp3) is 0.350. The van der Waals surface area contributed by atoms with Gasteiger partial charge in [-0.3, -0.25) is 0 Å². The van der Waals surface area contributed by atoms with Crippen molar-refractivity contribution in [3.8, 4) is 5.75 Å². The van der Waals surface area contributed by atoms with Crippen LogP contribution in [-0.2, 0) is 16.6 Å². The van der Waals surface area contributed by atoms with E-state index in [1.165, 1.54) is 0 Å². The summed E-state index contributed by atoms with van der Waals surface area (Å²) in [4.78, 5) is 11.8. The van der Waals surface area contributed by atoms with Crippen molar-refractivity contribution < 1.29 is 19.7 Å². The number of aliphatic carboxylic acids is 1. The Morgan fingerprint density at radius 2 is 1.80 bits per heavy atom. The van der Waals surface area contributed by atoms with E-state index in [-0.39, 0.29) is 12.8 Å². The zero-order valence-corrected chi connectivity index (χ0v) is 15.4. The van der Waals surface area contributed by atoms with E-state index in [0.717, 1.165) is 11.1 Å². The van der Waals surface area contributed by atoms with Gasteiger partial charge in [-0.2, -0.15) is 0 Å². The van der Waals surface area contributed by atoms with Gasteiger partial charge >= 0.3 is 5.97 Å². The molecular formula is C20H23ClO4. The lowest BCUT2D eigenvalue weighted by atomic mass is 9.73. The Morgan fingerprint density at radius 1 is 1.16 bits per heavy atom. The molecule has 0 saturated carbocycles. The largest absolute Gasteiger partial charge is 0.496 e. The molecule has 0 aliphatic heterocycles. The van der Waals surface area contributed by atoms with Crippen molar-refractivity contribution in [2.45, 2.75) is 37.7 Å². The summed E-state index contributed by atoms with van der Waals surface area (Å²) in [6.45, 7) is 3.75. The molecule has 0 saturated heterocycles. The van der Waals surface area contributed by atoms with Crippen molar-refractivity contribution in [2.24, 2.45) is 0 Å². The molecule has 0 spiro atoms. The number of hydrogen-bond donors (Lipinski definition) is 2. The predicted octanol–water partition coefficient (Wildman–Crippen LogP) is 4.07. The van der Waals surface area contributed by atoms with Crippen LogP contribution in [0.15, 0.2) is 48.5 Å². The molecule has 0 aromatic heterocycles. The van der Waals surface area contributed by atoms with Crippen molar-refractivity contribution in [2.75, 3.05) is 7.11 Å². The van der Waals surface area contributed by atoms with Gasteiger partial charge in [-0.05, 0) is 35.6 Å². The number of methoxy groups -OCH3 is 1. The van der Waals surface area contributed by atoms with Gasteiger partial charge in [0.05, 0.1) is 7.11 Å². The number of halogens is 1. The third kappa shape index (κ3) is 4.53. The average molecular weight is 363 g/mol. The van der Waals surface area contributed by atoms with Crippen LogP contribution in [0.25, 0.3) is 0 Å². The van der Waals surface area contributed by atoms with Crippen molar-refractivity contribution in [1.29, 1.82) is 0 Å².